The number of hydrogen-bond acceptors (Lipinski definition) is 9. The second-order valence-electron chi connectivity index (χ2n) is 6.59. The molecule has 166 valence electrons. The van der Waals surface area contributed by atoms with Crippen LogP contribution in [-0.4, -0.2) is 44.0 Å². The Morgan fingerprint density at radius 1 is 1.26 bits per heavy atom. The van der Waals surface area contributed by atoms with E-state index in [1.807, 2.05) is 11.5 Å². The third-order valence-electron chi connectivity index (χ3n) is 4.28. The summed E-state index contributed by atoms with van der Waals surface area (Å²) >= 11 is 4.17. The summed E-state index contributed by atoms with van der Waals surface area (Å²) in [6.07, 6.45) is 2.16. The van der Waals surface area contributed by atoms with Gasteiger partial charge in [-0.15, -0.1) is 21.5 Å². The molecule has 8 nitrogen and oxygen atoms in total. The molecular formula is C20H25N5O3S3. The average Bonchev–Trinajstić information content (AvgIpc) is 3.45. The van der Waals surface area contributed by atoms with E-state index in [9.17, 15) is 9.59 Å². The lowest BCUT2D eigenvalue weighted by Crippen LogP contribution is -2.14. The Kier molecular flexibility index (Phi) is 8.22. The predicted octanol–water partition coefficient (Wildman–Crippen LogP) is 4.65. The molecule has 11 heteroatoms. The Bertz CT molecular complexity index is 1060. The van der Waals surface area contributed by atoms with Crippen molar-refractivity contribution in [3.8, 4) is 11.4 Å². The second kappa shape index (κ2) is 10.9. The number of hydrogen-bond donors (Lipinski definition) is 1. The fourth-order valence-electron chi connectivity index (χ4n) is 2.89. The van der Waals surface area contributed by atoms with Crippen LogP contribution in [0.15, 0.2) is 16.6 Å². The molecule has 0 aliphatic heterocycles. The Balaban J connectivity index is 1.63. The van der Waals surface area contributed by atoms with E-state index >= 15 is 0 Å². The number of anilines is 1. The van der Waals surface area contributed by atoms with Gasteiger partial charge in [-0.05, 0) is 33.3 Å². The van der Waals surface area contributed by atoms with E-state index in [0.29, 0.717) is 34.0 Å². The van der Waals surface area contributed by atoms with Gasteiger partial charge in [-0.2, -0.15) is 0 Å². The van der Waals surface area contributed by atoms with Crippen molar-refractivity contribution in [2.45, 2.75) is 52.2 Å². The summed E-state index contributed by atoms with van der Waals surface area (Å²) in [7, 11) is 0. The third kappa shape index (κ3) is 5.72. The first-order valence-electron chi connectivity index (χ1n) is 10.0. The minimum atomic E-state index is -0.425. The molecule has 0 aromatic carbocycles. The lowest BCUT2D eigenvalue weighted by Gasteiger charge is -2.06. The Hall–Kier alpha value is -2.24. The topological polar surface area (TPSA) is 99.0 Å². The number of carbonyl (C=O) groups excluding carboxylic acids is 2. The van der Waals surface area contributed by atoms with E-state index in [2.05, 4.69) is 38.9 Å². The smallest absolute Gasteiger partial charge is 0.350 e. The van der Waals surface area contributed by atoms with Crippen molar-refractivity contribution in [3.63, 3.8) is 0 Å². The largest absolute Gasteiger partial charge is 0.462 e. The molecule has 0 aliphatic carbocycles. The minimum absolute atomic E-state index is 0.163. The molecule has 0 unspecified atom stereocenters. The number of esters is 1. The standard InChI is InChI=1S/C20H25N5O3S3/c1-5-8-14-9-13(10-29-14)17-23-24-20(25(17)6-2)30-11-15(26)22-19-21-12(4)16(31-19)18(27)28-7-3/h9-10H,5-8,11H2,1-4H3,(H,21,22,26). The van der Waals surface area contributed by atoms with Crippen molar-refractivity contribution < 1.29 is 14.3 Å². The predicted molar refractivity (Wildman–Crippen MR) is 125 cm³/mol. The zero-order chi connectivity index (χ0) is 22.4. The van der Waals surface area contributed by atoms with Gasteiger partial charge in [0.2, 0.25) is 5.91 Å². The lowest BCUT2D eigenvalue weighted by atomic mass is 10.2. The summed E-state index contributed by atoms with van der Waals surface area (Å²) in [5, 5.41) is 14.6. The molecule has 3 rings (SSSR count). The molecule has 3 aromatic heterocycles. The van der Waals surface area contributed by atoms with Crippen LogP contribution in [0.5, 0.6) is 0 Å². The van der Waals surface area contributed by atoms with Gasteiger partial charge < -0.3 is 14.6 Å². The SMILES string of the molecule is CCCc1cc(-c2nnc(SCC(=O)Nc3nc(C)c(C(=O)OCC)s3)n2CC)cs1. The highest BCUT2D eigenvalue weighted by molar-refractivity contribution is 7.99. The molecule has 3 aromatic rings. The number of thiazole rings is 1. The first kappa shape index (κ1) is 23.4. The summed E-state index contributed by atoms with van der Waals surface area (Å²) in [5.74, 6) is 0.336. The molecule has 0 aliphatic rings. The summed E-state index contributed by atoms with van der Waals surface area (Å²) in [6, 6.07) is 2.16. The van der Waals surface area contributed by atoms with Gasteiger partial charge in [0.1, 0.15) is 4.88 Å². The number of aryl methyl sites for hydroxylation is 2. The van der Waals surface area contributed by atoms with E-state index in [1.54, 1.807) is 25.2 Å². The highest BCUT2D eigenvalue weighted by Gasteiger charge is 2.19. The maximum Gasteiger partial charge on any atom is 0.350 e. The van der Waals surface area contributed by atoms with E-state index in [1.165, 1.54) is 16.6 Å². The molecule has 0 bridgehead atoms. The van der Waals surface area contributed by atoms with E-state index in [4.69, 9.17) is 4.74 Å². The maximum atomic E-state index is 12.4. The molecule has 1 N–H and O–H groups in total. The van der Waals surface area contributed by atoms with Gasteiger partial charge in [-0.3, -0.25) is 4.79 Å². The van der Waals surface area contributed by atoms with Gasteiger partial charge in [0, 0.05) is 22.4 Å². The molecule has 31 heavy (non-hydrogen) atoms. The molecule has 0 saturated heterocycles. The third-order valence-corrected chi connectivity index (χ3v) is 7.29. The van der Waals surface area contributed by atoms with Crippen molar-refractivity contribution in [2.75, 3.05) is 17.7 Å². The van der Waals surface area contributed by atoms with Gasteiger partial charge in [-0.25, -0.2) is 9.78 Å². The molecule has 0 fully saturated rings. The van der Waals surface area contributed by atoms with Gasteiger partial charge >= 0.3 is 5.97 Å². The number of nitrogens with one attached hydrogen (secondary N) is 1. The quantitative estimate of drug-likeness (QED) is 0.334. The van der Waals surface area contributed by atoms with Crippen LogP contribution < -0.4 is 5.32 Å². The number of thioether (sulfide) groups is 1. The second-order valence-corrected chi connectivity index (χ2v) is 9.53. The van der Waals surface area contributed by atoms with E-state index in [0.717, 1.165) is 35.6 Å². The van der Waals surface area contributed by atoms with Gasteiger partial charge in [-0.1, -0.05) is 36.4 Å². The molecule has 3 heterocycles. The number of rotatable bonds is 10. The Labute approximate surface area is 193 Å². The highest BCUT2D eigenvalue weighted by Crippen LogP contribution is 2.29. The van der Waals surface area contributed by atoms with Crippen LogP contribution in [0.1, 0.15) is 47.4 Å². The van der Waals surface area contributed by atoms with Crippen molar-refractivity contribution in [1.82, 2.24) is 19.7 Å². The van der Waals surface area contributed by atoms with Crippen molar-refractivity contribution in [2.24, 2.45) is 0 Å². The number of ether oxygens (including phenoxy) is 1. The fourth-order valence-corrected chi connectivity index (χ4v) is 5.54. The van der Waals surface area contributed by atoms with Crippen LogP contribution in [-0.2, 0) is 22.5 Å². The molecular weight excluding hydrogens is 454 g/mol. The molecule has 0 radical (unpaired) electrons. The summed E-state index contributed by atoms with van der Waals surface area (Å²) < 4.78 is 7.03. The van der Waals surface area contributed by atoms with Gasteiger partial charge in [0.25, 0.3) is 0 Å². The minimum Gasteiger partial charge on any atom is -0.462 e. The molecule has 0 spiro atoms. The highest BCUT2D eigenvalue weighted by atomic mass is 32.2. The first-order valence-corrected chi connectivity index (χ1v) is 12.7. The number of nitrogens with zero attached hydrogens (tertiary/aromatic N) is 4. The first-order chi connectivity index (χ1) is 15.0. The van der Waals surface area contributed by atoms with E-state index in [-0.39, 0.29) is 11.7 Å². The number of amides is 1. The van der Waals surface area contributed by atoms with Crippen LogP contribution in [0.4, 0.5) is 5.13 Å². The van der Waals surface area contributed by atoms with E-state index < -0.39 is 5.97 Å². The molecule has 0 saturated carbocycles. The zero-order valence-corrected chi connectivity index (χ0v) is 20.4. The lowest BCUT2D eigenvalue weighted by molar-refractivity contribution is -0.113. The van der Waals surface area contributed by atoms with Crippen LogP contribution in [0.3, 0.4) is 0 Å². The number of aromatic nitrogens is 4. The molecule has 0 atom stereocenters. The monoisotopic (exact) mass is 479 g/mol. The Morgan fingerprint density at radius 3 is 2.77 bits per heavy atom. The number of carbonyl (C=O) groups is 2. The van der Waals surface area contributed by atoms with Gasteiger partial charge in [0.15, 0.2) is 16.1 Å². The van der Waals surface area contributed by atoms with Crippen molar-refractivity contribution >= 4 is 51.4 Å². The van der Waals surface area contributed by atoms with Crippen LogP contribution in [0.2, 0.25) is 0 Å². The number of thiophene rings is 1. The van der Waals surface area contributed by atoms with Crippen LogP contribution in [0.25, 0.3) is 11.4 Å². The van der Waals surface area contributed by atoms with Crippen molar-refractivity contribution in [1.29, 1.82) is 0 Å². The zero-order valence-electron chi connectivity index (χ0n) is 17.9. The van der Waals surface area contributed by atoms with Crippen LogP contribution in [0, 0.1) is 6.92 Å². The normalized spacial score (nSPS) is 11.0. The summed E-state index contributed by atoms with van der Waals surface area (Å²) in [4.78, 5) is 30.3. The fraction of sp³-hybridized carbons (Fsp3) is 0.450. The summed E-state index contributed by atoms with van der Waals surface area (Å²) in [5.41, 5.74) is 1.60. The maximum absolute atomic E-state index is 12.4. The Morgan fingerprint density at radius 2 is 2.06 bits per heavy atom. The van der Waals surface area contributed by atoms with Gasteiger partial charge in [0.05, 0.1) is 18.1 Å². The molecule has 1 amide bonds. The van der Waals surface area contributed by atoms with Crippen LogP contribution >= 0.6 is 34.4 Å². The average molecular weight is 480 g/mol. The summed E-state index contributed by atoms with van der Waals surface area (Å²) in [6.45, 7) is 8.66. The van der Waals surface area contributed by atoms with Crippen molar-refractivity contribution in [3.05, 3.63) is 26.9 Å².